The van der Waals surface area contributed by atoms with Gasteiger partial charge in [0.2, 0.25) is 5.43 Å². The van der Waals surface area contributed by atoms with Gasteiger partial charge in [0, 0.05) is 30.2 Å². The SMILES string of the molecule is CCn1cc(C(=O)O)c(=O)c2cc(F)c(N[C@@H]3CCCC[C@H]3N)cc21. The molecule has 0 bridgehead atoms. The van der Waals surface area contributed by atoms with Gasteiger partial charge in [0.05, 0.1) is 11.2 Å². The molecule has 1 saturated carbocycles. The van der Waals surface area contributed by atoms with Crippen LogP contribution in [0.4, 0.5) is 10.1 Å². The summed E-state index contributed by atoms with van der Waals surface area (Å²) >= 11 is 0. The van der Waals surface area contributed by atoms with Gasteiger partial charge in [-0.15, -0.1) is 0 Å². The van der Waals surface area contributed by atoms with Crippen LogP contribution in [0.2, 0.25) is 0 Å². The molecule has 3 rings (SSSR count). The number of hydrogen-bond donors (Lipinski definition) is 3. The lowest BCUT2D eigenvalue weighted by atomic mass is 9.91. The predicted octanol–water partition coefficient (Wildman–Crippen LogP) is 2.54. The van der Waals surface area contributed by atoms with E-state index in [-0.39, 0.29) is 23.0 Å². The van der Waals surface area contributed by atoms with Crippen LogP contribution in [0.25, 0.3) is 10.9 Å². The topological polar surface area (TPSA) is 97.3 Å². The third-order valence-electron chi connectivity index (χ3n) is 4.90. The van der Waals surface area contributed by atoms with Crippen LogP contribution in [-0.4, -0.2) is 27.7 Å². The Hall–Kier alpha value is -2.41. The van der Waals surface area contributed by atoms with E-state index in [0.29, 0.717) is 17.7 Å². The van der Waals surface area contributed by atoms with Gasteiger partial charge in [0.15, 0.2) is 0 Å². The molecule has 1 aromatic heterocycles. The number of aryl methyl sites for hydroxylation is 1. The summed E-state index contributed by atoms with van der Waals surface area (Å²) in [5.41, 5.74) is 5.88. The fraction of sp³-hybridized carbons (Fsp3) is 0.444. The molecule has 0 aliphatic heterocycles. The average Bonchev–Trinajstić information content (AvgIpc) is 2.58. The summed E-state index contributed by atoms with van der Waals surface area (Å²) < 4.78 is 16.2. The Morgan fingerprint density at radius 3 is 2.76 bits per heavy atom. The fourth-order valence-corrected chi connectivity index (χ4v) is 3.47. The van der Waals surface area contributed by atoms with E-state index in [4.69, 9.17) is 5.73 Å². The van der Waals surface area contributed by atoms with Crippen molar-refractivity contribution >= 4 is 22.6 Å². The number of hydrogen-bond acceptors (Lipinski definition) is 4. The van der Waals surface area contributed by atoms with E-state index in [1.807, 2.05) is 6.92 Å². The molecule has 7 heteroatoms. The monoisotopic (exact) mass is 347 g/mol. The number of halogens is 1. The van der Waals surface area contributed by atoms with E-state index in [1.165, 1.54) is 6.20 Å². The smallest absolute Gasteiger partial charge is 0.341 e. The lowest BCUT2D eigenvalue weighted by Gasteiger charge is -2.30. The molecule has 25 heavy (non-hydrogen) atoms. The number of carbonyl (C=O) groups is 1. The van der Waals surface area contributed by atoms with Crippen molar-refractivity contribution in [3.05, 3.63) is 39.9 Å². The highest BCUT2D eigenvalue weighted by Crippen LogP contribution is 2.26. The van der Waals surface area contributed by atoms with Gasteiger partial charge in [-0.05, 0) is 31.9 Å². The van der Waals surface area contributed by atoms with Crippen molar-refractivity contribution in [1.82, 2.24) is 4.57 Å². The zero-order valence-corrected chi connectivity index (χ0v) is 14.1. The van der Waals surface area contributed by atoms with Crippen LogP contribution in [0.15, 0.2) is 23.1 Å². The zero-order valence-electron chi connectivity index (χ0n) is 14.1. The Kier molecular flexibility index (Phi) is 4.76. The summed E-state index contributed by atoms with van der Waals surface area (Å²) in [6.07, 6.45) is 5.20. The first-order valence-electron chi connectivity index (χ1n) is 8.54. The Bertz CT molecular complexity index is 878. The molecule has 0 radical (unpaired) electrons. The molecule has 2 atom stereocenters. The van der Waals surface area contributed by atoms with Gasteiger partial charge in [0.1, 0.15) is 11.4 Å². The zero-order chi connectivity index (χ0) is 18.1. The maximum Gasteiger partial charge on any atom is 0.341 e. The second-order valence-electron chi connectivity index (χ2n) is 6.51. The first-order valence-corrected chi connectivity index (χ1v) is 8.54. The van der Waals surface area contributed by atoms with Gasteiger partial charge in [0.25, 0.3) is 0 Å². The molecule has 1 aromatic carbocycles. The Labute approximate surface area is 144 Å². The number of benzene rings is 1. The summed E-state index contributed by atoms with van der Waals surface area (Å²) in [5.74, 6) is -1.89. The third kappa shape index (κ3) is 3.24. The Morgan fingerprint density at radius 2 is 2.12 bits per heavy atom. The highest BCUT2D eigenvalue weighted by Gasteiger charge is 2.23. The first-order chi connectivity index (χ1) is 11.9. The molecule has 1 heterocycles. The van der Waals surface area contributed by atoms with Crippen LogP contribution in [0, 0.1) is 5.82 Å². The van der Waals surface area contributed by atoms with Crippen LogP contribution in [0.1, 0.15) is 43.0 Å². The molecule has 0 unspecified atom stereocenters. The summed E-state index contributed by atoms with van der Waals surface area (Å²) in [4.78, 5) is 23.6. The number of carboxylic acid groups (broad SMARTS) is 1. The van der Waals surface area contributed by atoms with E-state index in [1.54, 1.807) is 10.6 Å². The van der Waals surface area contributed by atoms with Crippen molar-refractivity contribution in [3.8, 4) is 0 Å². The minimum Gasteiger partial charge on any atom is -0.477 e. The number of nitrogens with one attached hydrogen (secondary N) is 1. The lowest BCUT2D eigenvalue weighted by Crippen LogP contribution is -2.42. The number of fused-ring (bicyclic) bond motifs is 1. The van der Waals surface area contributed by atoms with E-state index < -0.39 is 17.2 Å². The normalized spacial score (nSPS) is 20.6. The summed E-state index contributed by atoms with van der Waals surface area (Å²) in [5, 5.41) is 12.4. The number of aromatic carboxylic acids is 1. The molecule has 0 spiro atoms. The maximum atomic E-state index is 14.6. The van der Waals surface area contributed by atoms with Crippen LogP contribution < -0.4 is 16.5 Å². The number of carboxylic acids is 1. The van der Waals surface area contributed by atoms with Gasteiger partial charge in [-0.3, -0.25) is 4.79 Å². The second-order valence-corrected chi connectivity index (χ2v) is 6.51. The molecule has 134 valence electrons. The fourth-order valence-electron chi connectivity index (χ4n) is 3.47. The number of rotatable bonds is 4. The largest absolute Gasteiger partial charge is 0.477 e. The van der Waals surface area contributed by atoms with Crippen molar-refractivity contribution < 1.29 is 14.3 Å². The number of aromatic nitrogens is 1. The van der Waals surface area contributed by atoms with Crippen molar-refractivity contribution in [3.63, 3.8) is 0 Å². The molecule has 1 aliphatic carbocycles. The molecule has 6 nitrogen and oxygen atoms in total. The molecular formula is C18H22FN3O3. The van der Waals surface area contributed by atoms with Gasteiger partial charge >= 0.3 is 5.97 Å². The highest BCUT2D eigenvalue weighted by molar-refractivity contribution is 5.93. The molecule has 4 N–H and O–H groups in total. The molecule has 1 fully saturated rings. The molecule has 0 saturated heterocycles. The van der Waals surface area contributed by atoms with E-state index >= 15 is 0 Å². The maximum absolute atomic E-state index is 14.6. The van der Waals surface area contributed by atoms with Crippen molar-refractivity contribution in [1.29, 1.82) is 0 Å². The molecular weight excluding hydrogens is 325 g/mol. The van der Waals surface area contributed by atoms with Gasteiger partial charge in [-0.25, -0.2) is 9.18 Å². The second kappa shape index (κ2) is 6.84. The lowest BCUT2D eigenvalue weighted by molar-refractivity contribution is 0.0695. The summed E-state index contributed by atoms with van der Waals surface area (Å²) in [6, 6.07) is 2.64. The number of nitrogens with two attached hydrogens (primary N) is 1. The van der Waals surface area contributed by atoms with E-state index in [0.717, 1.165) is 31.7 Å². The van der Waals surface area contributed by atoms with Crippen LogP contribution in [-0.2, 0) is 6.54 Å². The van der Waals surface area contributed by atoms with E-state index in [9.17, 15) is 19.1 Å². The van der Waals surface area contributed by atoms with Gasteiger partial charge < -0.3 is 20.7 Å². The number of nitrogens with zero attached hydrogens (tertiary/aromatic N) is 1. The Morgan fingerprint density at radius 1 is 1.40 bits per heavy atom. The molecule has 2 aromatic rings. The van der Waals surface area contributed by atoms with Crippen LogP contribution in [0.3, 0.4) is 0 Å². The van der Waals surface area contributed by atoms with Crippen molar-refractivity contribution in [2.45, 2.75) is 51.2 Å². The van der Waals surface area contributed by atoms with Crippen LogP contribution >= 0.6 is 0 Å². The standard InChI is InChI=1S/C18H22FN3O3/c1-2-22-9-11(18(24)25)17(23)10-7-12(19)15(8-16(10)22)21-14-6-4-3-5-13(14)20/h7-9,13-14,21H,2-6,20H2,1H3,(H,24,25)/t13-,14-/m1/s1. The average molecular weight is 347 g/mol. The predicted molar refractivity (Wildman–Crippen MR) is 94.7 cm³/mol. The molecule has 0 amide bonds. The quantitative estimate of drug-likeness (QED) is 0.790. The van der Waals surface area contributed by atoms with Crippen LogP contribution in [0.5, 0.6) is 0 Å². The number of pyridine rings is 1. The van der Waals surface area contributed by atoms with Gasteiger partial charge in [-0.2, -0.15) is 0 Å². The summed E-state index contributed by atoms with van der Waals surface area (Å²) in [6.45, 7) is 2.30. The highest BCUT2D eigenvalue weighted by atomic mass is 19.1. The van der Waals surface area contributed by atoms with Crippen molar-refractivity contribution in [2.75, 3.05) is 5.32 Å². The van der Waals surface area contributed by atoms with Crippen molar-refractivity contribution in [2.24, 2.45) is 5.73 Å². The Balaban J connectivity index is 2.10. The molecule has 1 aliphatic rings. The number of anilines is 1. The third-order valence-corrected chi connectivity index (χ3v) is 4.90. The minimum absolute atomic E-state index is 0.0132. The van der Waals surface area contributed by atoms with Gasteiger partial charge in [-0.1, -0.05) is 12.8 Å². The first kappa shape index (κ1) is 17.4. The van der Waals surface area contributed by atoms with E-state index in [2.05, 4.69) is 5.32 Å². The summed E-state index contributed by atoms with van der Waals surface area (Å²) in [7, 11) is 0. The minimum atomic E-state index is -1.31.